The summed E-state index contributed by atoms with van der Waals surface area (Å²) in [6.45, 7) is 6.67. The quantitative estimate of drug-likeness (QED) is 0.544. The van der Waals surface area contributed by atoms with Gasteiger partial charge in [-0.3, -0.25) is 4.79 Å². The summed E-state index contributed by atoms with van der Waals surface area (Å²) < 4.78 is 11.2. The Balaban J connectivity index is 1.90. The van der Waals surface area contributed by atoms with Crippen LogP contribution in [0.5, 0.6) is 11.5 Å². The summed E-state index contributed by atoms with van der Waals surface area (Å²) in [6.07, 6.45) is 2.58. The van der Waals surface area contributed by atoms with Crippen molar-refractivity contribution in [1.82, 2.24) is 5.43 Å². The molecule has 0 heterocycles. The Morgan fingerprint density at radius 2 is 1.77 bits per heavy atom. The maximum Gasteiger partial charge on any atom is 0.277 e. The lowest BCUT2D eigenvalue weighted by molar-refractivity contribution is -0.123. The molecule has 1 amide bonds. The zero-order valence-electron chi connectivity index (χ0n) is 15.6. The highest BCUT2D eigenvalue weighted by atomic mass is 16.5. The van der Waals surface area contributed by atoms with E-state index >= 15 is 0 Å². The minimum Gasteiger partial charge on any atom is -0.493 e. The third-order valence-electron chi connectivity index (χ3n) is 4.03. The monoisotopic (exact) mass is 354 g/mol. The van der Waals surface area contributed by atoms with Crippen LogP contribution >= 0.6 is 0 Å². The number of rotatable bonds is 9. The summed E-state index contributed by atoms with van der Waals surface area (Å²) in [5.74, 6) is 1.53. The lowest BCUT2D eigenvalue weighted by Gasteiger charge is -2.15. The Labute approximate surface area is 155 Å². The molecule has 5 heteroatoms. The molecule has 0 radical (unpaired) electrons. The molecule has 0 aliphatic heterocycles. The molecule has 2 aromatic rings. The molecule has 138 valence electrons. The number of hydrogen-bond donors (Lipinski definition) is 1. The largest absolute Gasteiger partial charge is 0.493 e. The SMILES string of the molecule is CCOc1ccccc1/C=N/NC(=O)COc1ccccc1C(C)CC. The van der Waals surface area contributed by atoms with Gasteiger partial charge in [-0.05, 0) is 43.0 Å². The van der Waals surface area contributed by atoms with Crippen LogP contribution in [0, 0.1) is 0 Å². The Kier molecular flexibility index (Phi) is 7.68. The van der Waals surface area contributed by atoms with E-state index in [4.69, 9.17) is 9.47 Å². The second kappa shape index (κ2) is 10.2. The molecule has 0 fully saturated rings. The van der Waals surface area contributed by atoms with Gasteiger partial charge in [0.15, 0.2) is 6.61 Å². The van der Waals surface area contributed by atoms with Gasteiger partial charge in [-0.25, -0.2) is 5.43 Å². The molecule has 0 spiro atoms. The average Bonchev–Trinajstić information content (AvgIpc) is 2.67. The molecular formula is C21H26N2O3. The second-order valence-corrected chi connectivity index (χ2v) is 5.90. The van der Waals surface area contributed by atoms with E-state index < -0.39 is 0 Å². The highest BCUT2D eigenvalue weighted by molar-refractivity contribution is 5.85. The van der Waals surface area contributed by atoms with Crippen LogP contribution in [-0.4, -0.2) is 25.3 Å². The smallest absolute Gasteiger partial charge is 0.277 e. The fourth-order valence-corrected chi connectivity index (χ4v) is 2.46. The highest BCUT2D eigenvalue weighted by Gasteiger charge is 2.10. The number of benzene rings is 2. The van der Waals surface area contributed by atoms with E-state index in [1.165, 1.54) is 0 Å². The first-order chi connectivity index (χ1) is 12.7. The molecule has 0 saturated carbocycles. The van der Waals surface area contributed by atoms with E-state index in [0.717, 1.165) is 29.0 Å². The van der Waals surface area contributed by atoms with E-state index in [1.54, 1.807) is 6.21 Å². The van der Waals surface area contributed by atoms with Crippen molar-refractivity contribution in [2.24, 2.45) is 5.10 Å². The van der Waals surface area contributed by atoms with E-state index in [-0.39, 0.29) is 12.5 Å². The van der Waals surface area contributed by atoms with Crippen molar-refractivity contribution in [1.29, 1.82) is 0 Å². The molecule has 0 bridgehead atoms. The first-order valence-electron chi connectivity index (χ1n) is 8.91. The summed E-state index contributed by atoms with van der Waals surface area (Å²) in [4.78, 5) is 12.0. The summed E-state index contributed by atoms with van der Waals surface area (Å²) in [5, 5.41) is 3.99. The number of hydrazone groups is 1. The number of nitrogens with zero attached hydrogens (tertiary/aromatic N) is 1. The number of hydrogen-bond acceptors (Lipinski definition) is 4. The molecule has 1 unspecified atom stereocenters. The number of nitrogens with one attached hydrogen (secondary N) is 1. The van der Waals surface area contributed by atoms with Crippen molar-refractivity contribution in [3.8, 4) is 11.5 Å². The lowest BCUT2D eigenvalue weighted by Crippen LogP contribution is -2.25. The van der Waals surface area contributed by atoms with E-state index in [1.807, 2.05) is 55.5 Å². The molecule has 5 nitrogen and oxygen atoms in total. The van der Waals surface area contributed by atoms with Crippen molar-refractivity contribution in [2.45, 2.75) is 33.1 Å². The number of amides is 1. The Morgan fingerprint density at radius 1 is 1.08 bits per heavy atom. The number of carbonyl (C=O) groups excluding carboxylic acids is 1. The van der Waals surface area contributed by atoms with Crippen LogP contribution in [0.15, 0.2) is 53.6 Å². The van der Waals surface area contributed by atoms with E-state index in [0.29, 0.717) is 12.5 Å². The van der Waals surface area contributed by atoms with Crippen LogP contribution in [0.25, 0.3) is 0 Å². The van der Waals surface area contributed by atoms with Gasteiger partial charge >= 0.3 is 0 Å². The Bertz CT molecular complexity index is 744. The fraction of sp³-hybridized carbons (Fsp3) is 0.333. The van der Waals surface area contributed by atoms with Gasteiger partial charge < -0.3 is 9.47 Å². The molecule has 0 aliphatic carbocycles. The molecule has 0 aliphatic rings. The van der Waals surface area contributed by atoms with Gasteiger partial charge in [0.2, 0.25) is 0 Å². The summed E-state index contributed by atoms with van der Waals surface area (Å²) in [7, 11) is 0. The maximum atomic E-state index is 12.0. The molecule has 0 saturated heterocycles. The van der Waals surface area contributed by atoms with Crippen LogP contribution in [0.4, 0.5) is 0 Å². The van der Waals surface area contributed by atoms with Crippen LogP contribution in [0.2, 0.25) is 0 Å². The van der Waals surface area contributed by atoms with E-state index in [2.05, 4.69) is 24.4 Å². The molecular weight excluding hydrogens is 328 g/mol. The Morgan fingerprint density at radius 3 is 2.50 bits per heavy atom. The van der Waals surface area contributed by atoms with Crippen LogP contribution in [0.3, 0.4) is 0 Å². The molecule has 2 aromatic carbocycles. The highest BCUT2D eigenvalue weighted by Crippen LogP contribution is 2.28. The van der Waals surface area contributed by atoms with Crippen molar-refractivity contribution < 1.29 is 14.3 Å². The first-order valence-corrected chi connectivity index (χ1v) is 8.91. The average molecular weight is 354 g/mol. The Hall–Kier alpha value is -2.82. The van der Waals surface area contributed by atoms with Crippen LogP contribution < -0.4 is 14.9 Å². The minimum absolute atomic E-state index is 0.0854. The van der Waals surface area contributed by atoms with Crippen molar-refractivity contribution >= 4 is 12.1 Å². The van der Waals surface area contributed by atoms with Crippen molar-refractivity contribution in [3.63, 3.8) is 0 Å². The van der Waals surface area contributed by atoms with Gasteiger partial charge in [0.05, 0.1) is 12.8 Å². The van der Waals surface area contributed by atoms with Crippen molar-refractivity contribution in [2.75, 3.05) is 13.2 Å². The first kappa shape index (κ1) is 19.5. The van der Waals surface area contributed by atoms with Gasteiger partial charge in [0.1, 0.15) is 11.5 Å². The standard InChI is InChI=1S/C21H26N2O3/c1-4-16(3)18-11-7-9-13-20(18)26-15-21(24)23-22-14-17-10-6-8-12-19(17)25-5-2/h6-14,16H,4-5,15H2,1-3H3,(H,23,24)/b22-14+. The molecule has 1 atom stereocenters. The predicted octanol–water partition coefficient (Wildman–Crippen LogP) is 4.13. The second-order valence-electron chi connectivity index (χ2n) is 5.90. The molecule has 0 aromatic heterocycles. The third kappa shape index (κ3) is 5.62. The van der Waals surface area contributed by atoms with Gasteiger partial charge in [-0.15, -0.1) is 0 Å². The van der Waals surface area contributed by atoms with Gasteiger partial charge in [0, 0.05) is 5.56 Å². The molecule has 1 N–H and O–H groups in total. The summed E-state index contributed by atoms with van der Waals surface area (Å²) >= 11 is 0. The van der Waals surface area contributed by atoms with Crippen LogP contribution in [-0.2, 0) is 4.79 Å². The third-order valence-corrected chi connectivity index (χ3v) is 4.03. The van der Waals surface area contributed by atoms with Gasteiger partial charge in [-0.1, -0.05) is 44.2 Å². The zero-order chi connectivity index (χ0) is 18.8. The number of ether oxygens (including phenoxy) is 2. The molecule has 2 rings (SSSR count). The molecule has 26 heavy (non-hydrogen) atoms. The number of carbonyl (C=O) groups is 1. The fourth-order valence-electron chi connectivity index (χ4n) is 2.46. The van der Waals surface area contributed by atoms with Gasteiger partial charge in [-0.2, -0.15) is 5.10 Å². The maximum absolute atomic E-state index is 12.0. The topological polar surface area (TPSA) is 59.9 Å². The minimum atomic E-state index is -0.311. The zero-order valence-corrected chi connectivity index (χ0v) is 15.6. The summed E-state index contributed by atoms with van der Waals surface area (Å²) in [6, 6.07) is 15.3. The lowest BCUT2D eigenvalue weighted by atomic mass is 9.98. The number of para-hydroxylation sites is 2. The van der Waals surface area contributed by atoms with Crippen molar-refractivity contribution in [3.05, 3.63) is 59.7 Å². The van der Waals surface area contributed by atoms with Crippen LogP contribution in [0.1, 0.15) is 44.2 Å². The summed E-state index contributed by atoms with van der Waals surface area (Å²) in [5.41, 5.74) is 4.40. The normalized spacial score (nSPS) is 12.0. The van der Waals surface area contributed by atoms with Gasteiger partial charge in [0.25, 0.3) is 5.91 Å². The van der Waals surface area contributed by atoms with E-state index in [9.17, 15) is 4.79 Å². The predicted molar refractivity (Wildman–Crippen MR) is 104 cm³/mol.